The maximum absolute atomic E-state index is 12.3. The predicted octanol–water partition coefficient (Wildman–Crippen LogP) is 2.60. The number of halogens is 1. The van der Waals surface area contributed by atoms with Gasteiger partial charge in [0, 0.05) is 6.54 Å². The van der Waals surface area contributed by atoms with E-state index in [9.17, 15) is 4.79 Å². The quantitative estimate of drug-likeness (QED) is 0.892. The van der Waals surface area contributed by atoms with Crippen LogP contribution in [0.25, 0.3) is 0 Å². The first-order valence-electron chi connectivity index (χ1n) is 6.74. The van der Waals surface area contributed by atoms with Crippen molar-refractivity contribution in [1.29, 1.82) is 0 Å². The van der Waals surface area contributed by atoms with Gasteiger partial charge in [-0.25, -0.2) is 0 Å². The number of nitrogens with one attached hydrogen (secondary N) is 1. The van der Waals surface area contributed by atoms with Crippen molar-refractivity contribution in [3.63, 3.8) is 0 Å². The lowest BCUT2D eigenvalue weighted by Gasteiger charge is -2.30. The van der Waals surface area contributed by atoms with Gasteiger partial charge in [-0.1, -0.05) is 43.2 Å². The average Bonchev–Trinajstić information content (AvgIpc) is 2.88. The number of nitrogens with two attached hydrogens (primary N) is 1. The summed E-state index contributed by atoms with van der Waals surface area (Å²) < 4.78 is 0. The van der Waals surface area contributed by atoms with Crippen LogP contribution in [0.4, 0.5) is 0 Å². The maximum atomic E-state index is 12.3. The van der Waals surface area contributed by atoms with E-state index in [0.29, 0.717) is 6.54 Å². The molecule has 0 aromatic heterocycles. The number of carbonyl (C=O) groups is 1. The zero-order valence-electron chi connectivity index (χ0n) is 11.4. The van der Waals surface area contributed by atoms with Gasteiger partial charge in [0.15, 0.2) is 0 Å². The van der Waals surface area contributed by atoms with Gasteiger partial charge >= 0.3 is 0 Å². The molecule has 1 atom stereocenters. The van der Waals surface area contributed by atoms with Crippen LogP contribution in [0, 0.1) is 0 Å². The summed E-state index contributed by atoms with van der Waals surface area (Å²) in [6.45, 7) is 2.49. The molecule has 1 saturated carbocycles. The Morgan fingerprint density at radius 3 is 2.42 bits per heavy atom. The Bertz CT molecular complexity index is 402. The molecule has 0 heterocycles. The fraction of sp³-hybridized carbons (Fsp3) is 0.533. The van der Waals surface area contributed by atoms with Gasteiger partial charge in [0.25, 0.3) is 0 Å². The number of hydrogen-bond donors (Lipinski definition) is 2. The molecule has 3 nitrogen and oxygen atoms in total. The Kier molecular flexibility index (Phi) is 5.83. The zero-order chi connectivity index (χ0) is 13.0. The van der Waals surface area contributed by atoms with Crippen LogP contribution in [0.15, 0.2) is 30.3 Å². The van der Waals surface area contributed by atoms with Gasteiger partial charge in [0.2, 0.25) is 5.91 Å². The monoisotopic (exact) mass is 282 g/mol. The van der Waals surface area contributed by atoms with E-state index in [0.717, 1.165) is 31.2 Å². The van der Waals surface area contributed by atoms with Gasteiger partial charge in [0.1, 0.15) is 0 Å². The van der Waals surface area contributed by atoms with Gasteiger partial charge < -0.3 is 11.1 Å². The fourth-order valence-electron chi connectivity index (χ4n) is 2.69. The molecule has 4 heteroatoms. The largest absolute Gasteiger partial charge is 0.349 e. The van der Waals surface area contributed by atoms with E-state index in [1.807, 2.05) is 37.3 Å². The molecule has 19 heavy (non-hydrogen) atoms. The molecule has 1 aromatic rings. The number of carbonyl (C=O) groups excluding carboxylic acids is 1. The Labute approximate surface area is 121 Å². The van der Waals surface area contributed by atoms with Crippen molar-refractivity contribution in [1.82, 2.24) is 5.32 Å². The number of hydrogen-bond acceptors (Lipinski definition) is 2. The molecule has 3 N–H and O–H groups in total. The molecule has 1 aliphatic rings. The average molecular weight is 283 g/mol. The lowest BCUT2D eigenvalue weighted by Crippen LogP contribution is -2.52. The van der Waals surface area contributed by atoms with E-state index < -0.39 is 0 Å². The minimum absolute atomic E-state index is 0. The summed E-state index contributed by atoms with van der Waals surface area (Å²) in [5, 5.41) is 3.18. The Balaban J connectivity index is 0.00000180. The highest BCUT2D eigenvalue weighted by atomic mass is 35.5. The van der Waals surface area contributed by atoms with E-state index in [1.165, 1.54) is 0 Å². The highest BCUT2D eigenvalue weighted by Crippen LogP contribution is 2.29. The van der Waals surface area contributed by atoms with Crippen molar-refractivity contribution in [2.24, 2.45) is 5.73 Å². The van der Waals surface area contributed by atoms with Gasteiger partial charge in [-0.15, -0.1) is 12.4 Å². The summed E-state index contributed by atoms with van der Waals surface area (Å²) in [7, 11) is 0. The second-order valence-electron chi connectivity index (χ2n) is 5.31. The number of rotatable bonds is 4. The van der Waals surface area contributed by atoms with Crippen LogP contribution in [0.1, 0.15) is 44.1 Å². The molecular weight excluding hydrogens is 260 g/mol. The Morgan fingerprint density at radius 1 is 1.32 bits per heavy atom. The molecule has 1 unspecified atom stereocenters. The Hall–Kier alpha value is -1.06. The van der Waals surface area contributed by atoms with Crippen molar-refractivity contribution in [3.8, 4) is 0 Å². The van der Waals surface area contributed by atoms with Gasteiger partial charge in [-0.05, 0) is 25.3 Å². The van der Waals surface area contributed by atoms with Crippen LogP contribution in [0.5, 0.6) is 0 Å². The molecule has 0 bridgehead atoms. The third kappa shape index (κ3) is 3.71. The van der Waals surface area contributed by atoms with E-state index in [1.54, 1.807) is 0 Å². The summed E-state index contributed by atoms with van der Waals surface area (Å²) >= 11 is 0. The van der Waals surface area contributed by atoms with Crippen molar-refractivity contribution in [3.05, 3.63) is 35.9 Å². The summed E-state index contributed by atoms with van der Waals surface area (Å²) in [5.41, 5.74) is 6.74. The minimum atomic E-state index is -0.153. The summed E-state index contributed by atoms with van der Waals surface area (Å²) in [6, 6.07) is 9.88. The minimum Gasteiger partial charge on any atom is -0.349 e. The first-order valence-corrected chi connectivity index (χ1v) is 6.74. The van der Waals surface area contributed by atoms with Crippen LogP contribution in [-0.4, -0.2) is 18.0 Å². The van der Waals surface area contributed by atoms with Crippen LogP contribution >= 0.6 is 12.4 Å². The SMILES string of the molecule is CC(C(=O)NC1(CN)CCCC1)c1ccccc1.Cl. The second kappa shape index (κ2) is 6.92. The van der Waals surface area contributed by atoms with E-state index in [2.05, 4.69) is 5.32 Å². The molecule has 0 spiro atoms. The number of benzene rings is 1. The molecule has 0 saturated heterocycles. The smallest absolute Gasteiger partial charge is 0.227 e. The second-order valence-corrected chi connectivity index (χ2v) is 5.31. The lowest BCUT2D eigenvalue weighted by molar-refractivity contribution is -0.124. The van der Waals surface area contributed by atoms with Crippen molar-refractivity contribution >= 4 is 18.3 Å². The fourth-order valence-corrected chi connectivity index (χ4v) is 2.69. The lowest BCUT2D eigenvalue weighted by atomic mass is 9.94. The summed E-state index contributed by atoms with van der Waals surface area (Å²) in [5.74, 6) is -0.0243. The highest BCUT2D eigenvalue weighted by Gasteiger charge is 2.34. The van der Waals surface area contributed by atoms with Gasteiger partial charge in [0.05, 0.1) is 11.5 Å². The zero-order valence-corrected chi connectivity index (χ0v) is 12.2. The van der Waals surface area contributed by atoms with Crippen LogP contribution in [0.2, 0.25) is 0 Å². The standard InChI is InChI=1S/C15H22N2O.ClH/c1-12(13-7-3-2-4-8-13)14(18)17-15(11-16)9-5-6-10-15;/h2-4,7-8,12H,5-6,9-11,16H2,1H3,(H,17,18);1H. The van der Waals surface area contributed by atoms with Crippen LogP contribution in [0.3, 0.4) is 0 Å². The third-order valence-electron chi connectivity index (χ3n) is 4.03. The van der Waals surface area contributed by atoms with E-state index in [4.69, 9.17) is 5.73 Å². The Morgan fingerprint density at radius 2 is 1.89 bits per heavy atom. The molecule has 106 valence electrons. The highest BCUT2D eigenvalue weighted by molar-refractivity contribution is 5.85. The molecule has 0 radical (unpaired) electrons. The molecule has 0 aliphatic heterocycles. The van der Waals surface area contributed by atoms with Gasteiger partial charge in [-0.2, -0.15) is 0 Å². The maximum Gasteiger partial charge on any atom is 0.227 e. The van der Waals surface area contributed by atoms with Crippen molar-refractivity contribution in [2.45, 2.75) is 44.1 Å². The summed E-state index contributed by atoms with van der Waals surface area (Å²) in [6.07, 6.45) is 4.35. The molecule has 1 fully saturated rings. The van der Waals surface area contributed by atoms with E-state index in [-0.39, 0.29) is 29.8 Å². The molecule has 2 rings (SSSR count). The van der Waals surface area contributed by atoms with Crippen molar-refractivity contribution in [2.75, 3.05) is 6.54 Å². The normalized spacial score (nSPS) is 18.4. The first kappa shape index (κ1) is 16.0. The van der Waals surface area contributed by atoms with Crippen LogP contribution < -0.4 is 11.1 Å². The third-order valence-corrected chi connectivity index (χ3v) is 4.03. The molecular formula is C15H23ClN2O. The predicted molar refractivity (Wildman–Crippen MR) is 80.5 cm³/mol. The first-order chi connectivity index (χ1) is 8.67. The van der Waals surface area contributed by atoms with Crippen LogP contribution in [-0.2, 0) is 4.79 Å². The number of amides is 1. The molecule has 1 aromatic carbocycles. The molecule has 1 amide bonds. The molecule has 1 aliphatic carbocycles. The van der Waals surface area contributed by atoms with E-state index >= 15 is 0 Å². The van der Waals surface area contributed by atoms with Gasteiger partial charge in [-0.3, -0.25) is 4.79 Å². The van der Waals surface area contributed by atoms with Crippen molar-refractivity contribution < 1.29 is 4.79 Å². The topological polar surface area (TPSA) is 55.1 Å². The summed E-state index contributed by atoms with van der Waals surface area (Å²) in [4.78, 5) is 12.3.